The predicted octanol–water partition coefficient (Wildman–Crippen LogP) is 3.30. The zero-order chi connectivity index (χ0) is 12.4. The molecule has 0 spiro atoms. The van der Waals surface area contributed by atoms with E-state index >= 15 is 0 Å². The highest BCUT2D eigenvalue weighted by molar-refractivity contribution is 5.83. The number of allylic oxidation sites excluding steroid dienone is 1. The molecule has 3 nitrogen and oxygen atoms in total. The summed E-state index contributed by atoms with van der Waals surface area (Å²) in [5.41, 5.74) is 5.08. The fraction of sp³-hybridized carbons (Fsp3) is 0.267. The Morgan fingerprint density at radius 3 is 3.06 bits per heavy atom. The molecular weight excluding hydrogens is 224 g/mol. The van der Waals surface area contributed by atoms with Gasteiger partial charge in [0.2, 0.25) is 0 Å². The Morgan fingerprint density at radius 2 is 2.28 bits per heavy atom. The summed E-state index contributed by atoms with van der Waals surface area (Å²) >= 11 is 0. The van der Waals surface area contributed by atoms with Crippen molar-refractivity contribution in [3.63, 3.8) is 0 Å². The minimum absolute atomic E-state index is 0.940. The molecule has 0 saturated carbocycles. The monoisotopic (exact) mass is 240 g/mol. The molecule has 92 valence electrons. The van der Waals surface area contributed by atoms with E-state index < -0.39 is 0 Å². The normalized spacial score (nSPS) is 16.6. The minimum atomic E-state index is 0.940. The molecule has 3 heteroatoms. The summed E-state index contributed by atoms with van der Waals surface area (Å²) in [6.07, 6.45) is 9.24. The van der Waals surface area contributed by atoms with Gasteiger partial charge >= 0.3 is 0 Å². The Kier molecular flexibility index (Phi) is 2.89. The van der Waals surface area contributed by atoms with Crippen LogP contribution in [0.15, 0.2) is 30.7 Å². The average Bonchev–Trinajstić information content (AvgIpc) is 2.91. The largest absolute Gasteiger partial charge is 0.497 e. The van der Waals surface area contributed by atoms with Crippen LogP contribution in [-0.2, 0) is 6.42 Å². The number of fused-ring (bicyclic) bond motifs is 1. The van der Waals surface area contributed by atoms with Crippen molar-refractivity contribution >= 4 is 11.6 Å². The average molecular weight is 240 g/mol. The Hall–Kier alpha value is -2.03. The molecular formula is C15H16N2O. The highest BCUT2D eigenvalue weighted by atomic mass is 16.5. The summed E-state index contributed by atoms with van der Waals surface area (Å²) in [7, 11) is 1.71. The highest BCUT2D eigenvalue weighted by Gasteiger charge is 2.14. The van der Waals surface area contributed by atoms with Gasteiger partial charge in [-0.25, -0.2) is 4.98 Å². The number of ether oxygens (including phenoxy) is 1. The first kappa shape index (κ1) is 11.1. The molecule has 0 aliphatic heterocycles. The second kappa shape index (κ2) is 4.69. The Labute approximate surface area is 107 Å². The number of H-pyrrole nitrogens is 1. The van der Waals surface area contributed by atoms with Crippen LogP contribution < -0.4 is 4.74 Å². The second-order valence-corrected chi connectivity index (χ2v) is 4.54. The maximum atomic E-state index is 5.28. The van der Waals surface area contributed by atoms with Gasteiger partial charge in [-0.1, -0.05) is 6.07 Å². The number of nitrogens with one attached hydrogen (secondary N) is 1. The van der Waals surface area contributed by atoms with E-state index in [1.807, 2.05) is 12.3 Å². The molecule has 1 N–H and O–H groups in total. The van der Waals surface area contributed by atoms with Crippen molar-refractivity contribution in [3.05, 3.63) is 47.5 Å². The first-order valence-corrected chi connectivity index (χ1v) is 6.23. The number of hydrogen-bond acceptors (Lipinski definition) is 2. The van der Waals surface area contributed by atoms with Crippen molar-refractivity contribution < 1.29 is 4.74 Å². The van der Waals surface area contributed by atoms with Gasteiger partial charge < -0.3 is 9.72 Å². The van der Waals surface area contributed by atoms with Gasteiger partial charge in [-0.3, -0.25) is 0 Å². The fourth-order valence-electron chi connectivity index (χ4n) is 2.50. The molecule has 0 radical (unpaired) electrons. The van der Waals surface area contributed by atoms with Crippen LogP contribution in [0, 0.1) is 0 Å². The molecule has 1 heterocycles. The topological polar surface area (TPSA) is 37.9 Å². The summed E-state index contributed by atoms with van der Waals surface area (Å²) in [4.78, 5) is 7.25. The zero-order valence-corrected chi connectivity index (χ0v) is 10.4. The Bertz CT molecular complexity index is 570. The summed E-state index contributed by atoms with van der Waals surface area (Å²) in [5.74, 6) is 0.940. The molecule has 0 amide bonds. The third kappa shape index (κ3) is 2.04. The van der Waals surface area contributed by atoms with Crippen LogP contribution in [0.3, 0.4) is 0 Å². The number of hydrogen-bond donors (Lipinski definition) is 1. The van der Waals surface area contributed by atoms with E-state index in [0.29, 0.717) is 0 Å². The van der Waals surface area contributed by atoms with Crippen molar-refractivity contribution in [2.24, 2.45) is 0 Å². The van der Waals surface area contributed by atoms with Crippen LogP contribution in [0.2, 0.25) is 0 Å². The molecule has 0 unspecified atom stereocenters. The van der Waals surface area contributed by atoms with Crippen molar-refractivity contribution in [3.8, 4) is 5.75 Å². The van der Waals surface area contributed by atoms with E-state index in [2.05, 4.69) is 28.2 Å². The van der Waals surface area contributed by atoms with Gasteiger partial charge in [0, 0.05) is 6.20 Å². The smallest absolute Gasteiger partial charge is 0.119 e. The van der Waals surface area contributed by atoms with Gasteiger partial charge in [0.1, 0.15) is 5.75 Å². The van der Waals surface area contributed by atoms with Crippen LogP contribution in [0.5, 0.6) is 5.75 Å². The fourth-order valence-corrected chi connectivity index (χ4v) is 2.50. The van der Waals surface area contributed by atoms with Gasteiger partial charge in [-0.15, -0.1) is 0 Å². The first-order valence-electron chi connectivity index (χ1n) is 6.23. The standard InChI is InChI=1S/C15H16N2O/c1-18-14-5-6-15-11(3-2-4-12(15)8-14)7-13-9-16-10-17-13/h5-10H,2-4H2,1H3,(H,16,17)/b11-7-. The van der Waals surface area contributed by atoms with Crippen LogP contribution in [0.25, 0.3) is 11.6 Å². The molecule has 0 atom stereocenters. The van der Waals surface area contributed by atoms with Crippen molar-refractivity contribution in [1.29, 1.82) is 0 Å². The summed E-state index contributed by atoms with van der Waals surface area (Å²) < 4.78 is 5.28. The molecule has 0 bridgehead atoms. The Balaban J connectivity index is 2.02. The quantitative estimate of drug-likeness (QED) is 0.874. The summed E-state index contributed by atoms with van der Waals surface area (Å²) in [6, 6.07) is 6.33. The maximum absolute atomic E-state index is 5.28. The van der Waals surface area contributed by atoms with Gasteiger partial charge in [-0.05, 0) is 54.2 Å². The maximum Gasteiger partial charge on any atom is 0.119 e. The van der Waals surface area contributed by atoms with E-state index in [0.717, 1.165) is 24.3 Å². The number of rotatable bonds is 2. The van der Waals surface area contributed by atoms with Crippen LogP contribution in [0.1, 0.15) is 29.7 Å². The van der Waals surface area contributed by atoms with Crippen molar-refractivity contribution in [1.82, 2.24) is 9.97 Å². The van der Waals surface area contributed by atoms with E-state index in [9.17, 15) is 0 Å². The first-order chi connectivity index (χ1) is 8.86. The zero-order valence-electron chi connectivity index (χ0n) is 10.4. The van der Waals surface area contributed by atoms with Gasteiger partial charge in [0.05, 0.1) is 19.1 Å². The number of aryl methyl sites for hydroxylation is 1. The molecule has 1 aliphatic rings. The van der Waals surface area contributed by atoms with Crippen LogP contribution >= 0.6 is 0 Å². The lowest BCUT2D eigenvalue weighted by molar-refractivity contribution is 0.414. The molecule has 1 aromatic heterocycles. The predicted molar refractivity (Wildman–Crippen MR) is 72.4 cm³/mol. The second-order valence-electron chi connectivity index (χ2n) is 4.54. The SMILES string of the molecule is COc1ccc2c(c1)CCC/C2=C/c1c[nH]cn1. The number of nitrogens with zero attached hydrogens (tertiary/aromatic N) is 1. The van der Waals surface area contributed by atoms with Crippen LogP contribution in [0.4, 0.5) is 0 Å². The number of aromatic nitrogens is 2. The molecule has 0 saturated heterocycles. The third-order valence-corrected chi connectivity index (χ3v) is 3.39. The molecule has 1 aliphatic carbocycles. The molecule has 0 fully saturated rings. The lowest BCUT2D eigenvalue weighted by atomic mass is 9.87. The van der Waals surface area contributed by atoms with Crippen LogP contribution in [-0.4, -0.2) is 17.1 Å². The van der Waals surface area contributed by atoms with Gasteiger partial charge in [-0.2, -0.15) is 0 Å². The lowest BCUT2D eigenvalue weighted by Gasteiger charge is -2.19. The minimum Gasteiger partial charge on any atom is -0.497 e. The highest BCUT2D eigenvalue weighted by Crippen LogP contribution is 2.33. The van der Waals surface area contributed by atoms with Crippen molar-refractivity contribution in [2.45, 2.75) is 19.3 Å². The van der Waals surface area contributed by atoms with Gasteiger partial charge in [0.15, 0.2) is 0 Å². The lowest BCUT2D eigenvalue weighted by Crippen LogP contribution is -2.02. The van der Waals surface area contributed by atoms with E-state index in [-0.39, 0.29) is 0 Å². The van der Waals surface area contributed by atoms with E-state index in [1.165, 1.54) is 23.1 Å². The number of benzene rings is 1. The number of methoxy groups -OCH3 is 1. The molecule has 18 heavy (non-hydrogen) atoms. The molecule has 1 aromatic carbocycles. The van der Waals surface area contributed by atoms with E-state index in [1.54, 1.807) is 13.4 Å². The molecule has 3 rings (SSSR count). The van der Waals surface area contributed by atoms with Gasteiger partial charge in [0.25, 0.3) is 0 Å². The summed E-state index contributed by atoms with van der Waals surface area (Å²) in [5, 5.41) is 0. The molecule has 2 aromatic rings. The Morgan fingerprint density at radius 1 is 1.33 bits per heavy atom. The van der Waals surface area contributed by atoms with E-state index in [4.69, 9.17) is 4.74 Å². The number of aromatic amines is 1. The summed E-state index contributed by atoms with van der Waals surface area (Å²) in [6.45, 7) is 0. The third-order valence-electron chi connectivity index (χ3n) is 3.39. The van der Waals surface area contributed by atoms with Crippen molar-refractivity contribution in [2.75, 3.05) is 7.11 Å². The number of imidazole rings is 1.